The average molecular weight is 286 g/mol. The second kappa shape index (κ2) is 8.60. The highest BCUT2D eigenvalue weighted by Crippen LogP contribution is 2.17. The van der Waals surface area contributed by atoms with Crippen molar-refractivity contribution < 1.29 is 14.3 Å². The Bertz CT molecular complexity index is 299. The van der Waals surface area contributed by atoms with Crippen LogP contribution in [0.4, 0.5) is 0 Å². The third kappa shape index (κ3) is 4.72. The Kier molecular flexibility index (Phi) is 7.48. The molecule has 0 aliphatic carbocycles. The molecule has 1 heterocycles. The molecule has 0 radical (unpaired) electrons. The van der Waals surface area contributed by atoms with Crippen LogP contribution < -0.4 is 5.32 Å². The Morgan fingerprint density at radius 1 is 1.50 bits per heavy atom. The van der Waals surface area contributed by atoms with Gasteiger partial charge in [-0.2, -0.15) is 0 Å². The van der Waals surface area contributed by atoms with Gasteiger partial charge in [0.05, 0.1) is 20.3 Å². The number of hydrogen-bond acceptors (Lipinski definition) is 5. The van der Waals surface area contributed by atoms with Crippen molar-refractivity contribution in [2.45, 2.75) is 51.6 Å². The van der Waals surface area contributed by atoms with E-state index in [1.165, 1.54) is 7.11 Å². The number of methoxy groups -OCH3 is 1. The van der Waals surface area contributed by atoms with Gasteiger partial charge in [-0.25, -0.2) is 0 Å². The highest BCUT2D eigenvalue weighted by Gasteiger charge is 2.33. The van der Waals surface area contributed by atoms with Crippen LogP contribution in [0.2, 0.25) is 0 Å². The van der Waals surface area contributed by atoms with Gasteiger partial charge < -0.3 is 14.8 Å². The van der Waals surface area contributed by atoms with Crippen LogP contribution in [0.15, 0.2) is 0 Å². The molecule has 0 spiro atoms. The smallest absolute Gasteiger partial charge is 0.325 e. The molecule has 0 bridgehead atoms. The van der Waals surface area contributed by atoms with Gasteiger partial charge in [0.1, 0.15) is 5.54 Å². The molecule has 1 fully saturated rings. The number of nitrogens with zero attached hydrogens (tertiary/aromatic N) is 1. The van der Waals surface area contributed by atoms with Crippen molar-refractivity contribution in [3.05, 3.63) is 0 Å². The molecule has 118 valence electrons. The number of morpholine rings is 1. The summed E-state index contributed by atoms with van der Waals surface area (Å²) in [5, 5.41) is 3.25. The summed E-state index contributed by atoms with van der Waals surface area (Å²) in [7, 11) is 1.45. The lowest BCUT2D eigenvalue weighted by molar-refractivity contribution is -0.148. The van der Waals surface area contributed by atoms with E-state index in [2.05, 4.69) is 17.1 Å². The fraction of sp³-hybridized carbons (Fsp3) is 0.933. The average Bonchev–Trinajstić information content (AvgIpc) is 2.47. The summed E-state index contributed by atoms with van der Waals surface area (Å²) >= 11 is 0. The Morgan fingerprint density at radius 2 is 2.25 bits per heavy atom. The monoisotopic (exact) mass is 286 g/mol. The third-order valence-electron chi connectivity index (χ3n) is 4.15. The quantitative estimate of drug-likeness (QED) is 0.684. The summed E-state index contributed by atoms with van der Waals surface area (Å²) in [5.74, 6) is -0.173. The van der Waals surface area contributed by atoms with Crippen LogP contribution in [0.3, 0.4) is 0 Å². The van der Waals surface area contributed by atoms with E-state index in [0.717, 1.165) is 52.1 Å². The van der Waals surface area contributed by atoms with Crippen LogP contribution in [-0.4, -0.2) is 62.4 Å². The molecule has 0 amide bonds. The molecule has 0 aromatic carbocycles. The highest BCUT2D eigenvalue weighted by molar-refractivity contribution is 5.80. The predicted octanol–water partition coefficient (Wildman–Crippen LogP) is 1.42. The maximum absolute atomic E-state index is 11.9. The van der Waals surface area contributed by atoms with E-state index in [-0.39, 0.29) is 5.97 Å². The second-order valence-electron chi connectivity index (χ2n) is 5.63. The minimum Gasteiger partial charge on any atom is -0.468 e. The fourth-order valence-corrected chi connectivity index (χ4v) is 2.87. The summed E-state index contributed by atoms with van der Waals surface area (Å²) < 4.78 is 10.4. The Morgan fingerprint density at radius 3 is 2.85 bits per heavy atom. The number of likely N-dealkylation sites (N-methyl/N-ethyl adjacent to an activating group) is 1. The van der Waals surface area contributed by atoms with Crippen molar-refractivity contribution >= 4 is 5.97 Å². The van der Waals surface area contributed by atoms with Crippen molar-refractivity contribution in [3.63, 3.8) is 0 Å². The molecule has 20 heavy (non-hydrogen) atoms. The Balaban J connectivity index is 2.45. The molecule has 0 aromatic rings. The number of carbonyl (C=O) groups is 1. The summed E-state index contributed by atoms with van der Waals surface area (Å²) in [6.45, 7) is 10.6. The summed E-state index contributed by atoms with van der Waals surface area (Å²) in [5.41, 5.74) is -0.572. The van der Waals surface area contributed by atoms with E-state index in [9.17, 15) is 4.79 Å². The maximum atomic E-state index is 11.9. The number of ether oxygens (including phenoxy) is 2. The summed E-state index contributed by atoms with van der Waals surface area (Å²) in [4.78, 5) is 14.4. The highest BCUT2D eigenvalue weighted by atomic mass is 16.5. The van der Waals surface area contributed by atoms with Crippen molar-refractivity contribution in [2.24, 2.45) is 0 Å². The molecule has 0 aromatic heterocycles. The van der Waals surface area contributed by atoms with Gasteiger partial charge in [-0.15, -0.1) is 0 Å². The predicted molar refractivity (Wildman–Crippen MR) is 79.8 cm³/mol. The number of hydrogen-bond donors (Lipinski definition) is 1. The van der Waals surface area contributed by atoms with E-state index in [1.54, 1.807) is 0 Å². The van der Waals surface area contributed by atoms with E-state index >= 15 is 0 Å². The van der Waals surface area contributed by atoms with E-state index in [4.69, 9.17) is 9.47 Å². The first-order chi connectivity index (χ1) is 9.57. The molecule has 1 saturated heterocycles. The lowest BCUT2D eigenvalue weighted by Gasteiger charge is -2.36. The van der Waals surface area contributed by atoms with Crippen LogP contribution in [0.5, 0.6) is 0 Å². The third-order valence-corrected chi connectivity index (χ3v) is 4.15. The molecule has 0 saturated carbocycles. The first-order valence-electron chi connectivity index (χ1n) is 7.72. The van der Waals surface area contributed by atoms with Crippen LogP contribution >= 0.6 is 0 Å². The van der Waals surface area contributed by atoms with E-state index < -0.39 is 5.54 Å². The topological polar surface area (TPSA) is 50.8 Å². The Hall–Kier alpha value is -0.650. The second-order valence-corrected chi connectivity index (χ2v) is 5.63. The zero-order chi connectivity index (χ0) is 15.0. The lowest BCUT2D eigenvalue weighted by atomic mass is 9.95. The number of nitrogens with one attached hydrogen (secondary N) is 1. The normalized spacial score (nSPS) is 23.3. The van der Waals surface area contributed by atoms with Crippen LogP contribution in [0.25, 0.3) is 0 Å². The molecule has 2 unspecified atom stereocenters. The molecule has 1 rings (SSSR count). The van der Waals surface area contributed by atoms with Crippen molar-refractivity contribution in [3.8, 4) is 0 Å². The molecule has 5 nitrogen and oxygen atoms in total. The molecular formula is C15H30N2O3. The standard InChI is InChI=1S/C15H30N2O3/c1-5-13-12-20-11-10-17(13)9-7-8-15(3,16-6-2)14(18)19-4/h13,16H,5-12H2,1-4H3. The summed E-state index contributed by atoms with van der Waals surface area (Å²) in [6, 6.07) is 0.521. The molecule has 2 atom stereocenters. The number of esters is 1. The first-order valence-corrected chi connectivity index (χ1v) is 7.72. The van der Waals surface area contributed by atoms with Crippen LogP contribution in [0.1, 0.15) is 40.0 Å². The maximum Gasteiger partial charge on any atom is 0.325 e. The van der Waals surface area contributed by atoms with Gasteiger partial charge in [0.25, 0.3) is 0 Å². The zero-order valence-corrected chi connectivity index (χ0v) is 13.4. The van der Waals surface area contributed by atoms with Crippen LogP contribution in [0, 0.1) is 0 Å². The molecule has 1 aliphatic rings. The first kappa shape index (κ1) is 17.4. The van der Waals surface area contributed by atoms with Gasteiger partial charge >= 0.3 is 5.97 Å². The van der Waals surface area contributed by atoms with E-state index in [1.807, 2.05) is 13.8 Å². The van der Waals surface area contributed by atoms with Crippen molar-refractivity contribution in [2.75, 3.05) is 40.0 Å². The number of rotatable bonds is 8. The molecule has 5 heteroatoms. The minimum absolute atomic E-state index is 0.173. The van der Waals surface area contributed by atoms with Gasteiger partial charge in [0.15, 0.2) is 0 Å². The van der Waals surface area contributed by atoms with Crippen LogP contribution in [-0.2, 0) is 14.3 Å². The molecule has 1 N–H and O–H groups in total. The number of carbonyl (C=O) groups excluding carboxylic acids is 1. The van der Waals surface area contributed by atoms with Gasteiger partial charge in [0, 0.05) is 12.6 Å². The minimum atomic E-state index is -0.572. The lowest BCUT2D eigenvalue weighted by Crippen LogP contribution is -2.51. The largest absolute Gasteiger partial charge is 0.468 e. The van der Waals surface area contributed by atoms with Gasteiger partial charge in [0.2, 0.25) is 0 Å². The van der Waals surface area contributed by atoms with E-state index in [0.29, 0.717) is 6.04 Å². The zero-order valence-electron chi connectivity index (χ0n) is 13.4. The van der Waals surface area contributed by atoms with Crippen molar-refractivity contribution in [1.82, 2.24) is 10.2 Å². The fourth-order valence-electron chi connectivity index (χ4n) is 2.87. The molecule has 1 aliphatic heterocycles. The van der Waals surface area contributed by atoms with Crippen molar-refractivity contribution in [1.29, 1.82) is 0 Å². The van der Waals surface area contributed by atoms with Gasteiger partial charge in [-0.1, -0.05) is 13.8 Å². The molecular weight excluding hydrogens is 256 g/mol. The Labute approximate surface area is 123 Å². The SMILES string of the molecule is CCNC(C)(CCCN1CCOCC1CC)C(=O)OC. The van der Waals surface area contributed by atoms with Gasteiger partial charge in [-0.05, 0) is 39.3 Å². The van der Waals surface area contributed by atoms with Gasteiger partial charge in [-0.3, -0.25) is 9.69 Å². The summed E-state index contributed by atoms with van der Waals surface area (Å²) in [6.07, 6.45) is 2.89.